The minimum Gasteiger partial charge on any atom is -0.387 e. The maximum absolute atomic E-state index is 13.5. The highest BCUT2D eigenvalue weighted by Gasteiger charge is 2.17. The quantitative estimate of drug-likeness (QED) is 0.654. The molecule has 2 rings (SSSR count). The highest BCUT2D eigenvalue weighted by molar-refractivity contribution is 5.21. The monoisotopic (exact) mass is 313 g/mol. The Labute approximate surface area is 125 Å². The molecule has 0 aliphatic rings. The molecule has 0 fully saturated rings. The number of aliphatic hydroxyl groups excluding tert-OH is 1. The zero-order valence-electron chi connectivity index (χ0n) is 11.8. The first kappa shape index (κ1) is 16.5. The summed E-state index contributed by atoms with van der Waals surface area (Å²) in [6, 6.07) is 6.08. The fourth-order valence-electron chi connectivity index (χ4n) is 2.03. The van der Waals surface area contributed by atoms with Gasteiger partial charge in [-0.3, -0.25) is 0 Å². The third-order valence-electron chi connectivity index (χ3n) is 3.39. The van der Waals surface area contributed by atoms with Gasteiger partial charge in [0, 0.05) is 24.2 Å². The van der Waals surface area contributed by atoms with E-state index >= 15 is 0 Å². The lowest BCUT2D eigenvalue weighted by Crippen LogP contribution is -2.32. The van der Waals surface area contributed by atoms with Crippen molar-refractivity contribution < 1.29 is 22.7 Å². The molecular formula is C16H15F4NO. The third kappa shape index (κ3) is 3.84. The lowest BCUT2D eigenvalue weighted by atomic mass is 10.0. The number of hydrogen-bond donors (Lipinski definition) is 2. The SMILES string of the molecule is CC(NCc1cc(F)c(F)cc1F)C(O)c1ccc(F)cc1. The molecule has 2 nitrogen and oxygen atoms in total. The van der Waals surface area contributed by atoms with E-state index in [1.165, 1.54) is 24.3 Å². The molecule has 0 radical (unpaired) electrons. The molecule has 2 aromatic rings. The molecule has 22 heavy (non-hydrogen) atoms. The van der Waals surface area contributed by atoms with E-state index < -0.39 is 35.4 Å². The molecule has 0 heterocycles. The van der Waals surface area contributed by atoms with Crippen molar-refractivity contribution in [2.24, 2.45) is 0 Å². The summed E-state index contributed by atoms with van der Waals surface area (Å²) in [6.07, 6.45) is -0.950. The third-order valence-corrected chi connectivity index (χ3v) is 3.39. The van der Waals surface area contributed by atoms with Gasteiger partial charge in [0.25, 0.3) is 0 Å². The molecule has 0 bridgehead atoms. The van der Waals surface area contributed by atoms with E-state index in [1.54, 1.807) is 6.92 Å². The normalized spacial score (nSPS) is 13.9. The van der Waals surface area contributed by atoms with Gasteiger partial charge >= 0.3 is 0 Å². The molecule has 0 aliphatic carbocycles. The first-order valence-electron chi connectivity index (χ1n) is 6.69. The van der Waals surface area contributed by atoms with Crippen molar-refractivity contribution in [1.29, 1.82) is 0 Å². The highest BCUT2D eigenvalue weighted by Crippen LogP contribution is 2.18. The summed E-state index contributed by atoms with van der Waals surface area (Å²) in [7, 11) is 0. The zero-order chi connectivity index (χ0) is 16.3. The Kier molecular flexibility index (Phi) is 5.15. The summed E-state index contributed by atoms with van der Waals surface area (Å²) in [5, 5.41) is 12.9. The summed E-state index contributed by atoms with van der Waals surface area (Å²) in [4.78, 5) is 0. The van der Waals surface area contributed by atoms with Gasteiger partial charge in [-0.05, 0) is 30.7 Å². The Bertz CT molecular complexity index is 645. The predicted molar refractivity (Wildman–Crippen MR) is 74.0 cm³/mol. The Hall–Kier alpha value is -1.92. The maximum Gasteiger partial charge on any atom is 0.161 e. The number of hydrogen-bond acceptors (Lipinski definition) is 2. The second-order valence-electron chi connectivity index (χ2n) is 5.02. The maximum atomic E-state index is 13.5. The molecule has 6 heteroatoms. The van der Waals surface area contributed by atoms with E-state index in [2.05, 4.69) is 5.32 Å². The van der Waals surface area contributed by atoms with Crippen molar-refractivity contribution in [1.82, 2.24) is 5.32 Å². The van der Waals surface area contributed by atoms with Gasteiger partial charge in [-0.1, -0.05) is 12.1 Å². The van der Waals surface area contributed by atoms with Crippen LogP contribution in [0.15, 0.2) is 36.4 Å². The van der Waals surface area contributed by atoms with Crippen LogP contribution in [0.3, 0.4) is 0 Å². The van der Waals surface area contributed by atoms with Crippen molar-refractivity contribution in [3.63, 3.8) is 0 Å². The van der Waals surface area contributed by atoms with Crippen molar-refractivity contribution in [2.75, 3.05) is 0 Å². The Morgan fingerprint density at radius 2 is 1.55 bits per heavy atom. The van der Waals surface area contributed by atoms with Crippen molar-refractivity contribution >= 4 is 0 Å². The van der Waals surface area contributed by atoms with Crippen LogP contribution < -0.4 is 5.32 Å². The minimum absolute atomic E-state index is 0.0444. The van der Waals surface area contributed by atoms with E-state index in [1.807, 2.05) is 0 Å². The molecule has 118 valence electrons. The number of halogens is 4. The summed E-state index contributed by atoms with van der Waals surface area (Å²) >= 11 is 0. The Morgan fingerprint density at radius 3 is 2.18 bits per heavy atom. The molecule has 2 aromatic carbocycles. The van der Waals surface area contributed by atoms with Gasteiger partial charge in [0.05, 0.1) is 6.10 Å². The standard InChI is InChI=1S/C16H15F4NO/c1-9(16(22)10-2-4-12(17)5-3-10)21-8-11-6-14(19)15(20)7-13(11)18/h2-7,9,16,21-22H,8H2,1H3. The second kappa shape index (κ2) is 6.89. The number of aliphatic hydroxyl groups is 1. The molecule has 0 amide bonds. The second-order valence-corrected chi connectivity index (χ2v) is 5.02. The summed E-state index contributed by atoms with van der Waals surface area (Å²) in [5.74, 6) is -3.67. The van der Waals surface area contributed by atoms with Crippen LogP contribution in [-0.2, 0) is 6.54 Å². The van der Waals surface area contributed by atoms with Crippen molar-refractivity contribution in [2.45, 2.75) is 25.6 Å². The van der Waals surface area contributed by atoms with Gasteiger partial charge in [0.15, 0.2) is 11.6 Å². The summed E-state index contributed by atoms with van der Waals surface area (Å²) in [6.45, 7) is 1.56. The smallest absolute Gasteiger partial charge is 0.161 e. The van der Waals surface area contributed by atoms with Crippen LogP contribution in [0.25, 0.3) is 0 Å². The van der Waals surface area contributed by atoms with Crippen LogP contribution in [0.1, 0.15) is 24.2 Å². The summed E-state index contributed by atoms with van der Waals surface area (Å²) in [5.41, 5.74) is 0.448. The molecule has 0 aromatic heterocycles. The number of benzene rings is 2. The largest absolute Gasteiger partial charge is 0.387 e. The predicted octanol–water partition coefficient (Wildman–Crippen LogP) is 3.45. The topological polar surface area (TPSA) is 32.3 Å². The summed E-state index contributed by atoms with van der Waals surface area (Å²) < 4.78 is 52.3. The average Bonchev–Trinajstić information content (AvgIpc) is 2.49. The molecule has 2 unspecified atom stereocenters. The Balaban J connectivity index is 2.02. The van der Waals surface area contributed by atoms with Crippen molar-refractivity contribution in [3.05, 3.63) is 70.8 Å². The fourth-order valence-corrected chi connectivity index (χ4v) is 2.03. The van der Waals surface area contributed by atoms with Gasteiger partial charge in [-0.15, -0.1) is 0 Å². The first-order chi connectivity index (χ1) is 10.4. The average molecular weight is 313 g/mol. The van der Waals surface area contributed by atoms with Crippen LogP contribution in [0.5, 0.6) is 0 Å². The van der Waals surface area contributed by atoms with Gasteiger partial charge in [0.2, 0.25) is 0 Å². The van der Waals surface area contributed by atoms with Crippen LogP contribution in [0.2, 0.25) is 0 Å². The molecule has 2 atom stereocenters. The van der Waals surface area contributed by atoms with E-state index in [4.69, 9.17) is 0 Å². The van der Waals surface area contributed by atoms with Gasteiger partial charge in [-0.2, -0.15) is 0 Å². The molecule has 0 spiro atoms. The first-order valence-corrected chi connectivity index (χ1v) is 6.69. The van der Waals surface area contributed by atoms with Gasteiger partial charge in [-0.25, -0.2) is 17.6 Å². The lowest BCUT2D eigenvalue weighted by Gasteiger charge is -2.21. The molecule has 0 saturated heterocycles. The number of rotatable bonds is 5. The Morgan fingerprint density at radius 1 is 0.955 bits per heavy atom. The molecule has 0 aliphatic heterocycles. The van der Waals surface area contributed by atoms with Gasteiger partial charge in [0.1, 0.15) is 11.6 Å². The van der Waals surface area contributed by atoms with Crippen LogP contribution in [0, 0.1) is 23.3 Å². The van der Waals surface area contributed by atoms with Crippen LogP contribution >= 0.6 is 0 Å². The van der Waals surface area contributed by atoms with E-state index in [0.29, 0.717) is 11.6 Å². The minimum atomic E-state index is -1.25. The number of nitrogens with one attached hydrogen (secondary N) is 1. The van der Waals surface area contributed by atoms with Crippen molar-refractivity contribution in [3.8, 4) is 0 Å². The van der Waals surface area contributed by atoms with E-state index in [-0.39, 0.29) is 12.1 Å². The van der Waals surface area contributed by atoms with E-state index in [0.717, 1.165) is 6.07 Å². The van der Waals surface area contributed by atoms with Crippen LogP contribution in [0.4, 0.5) is 17.6 Å². The highest BCUT2D eigenvalue weighted by atomic mass is 19.2. The van der Waals surface area contributed by atoms with Crippen LogP contribution in [-0.4, -0.2) is 11.1 Å². The lowest BCUT2D eigenvalue weighted by molar-refractivity contribution is 0.135. The molecular weight excluding hydrogens is 298 g/mol. The molecule has 2 N–H and O–H groups in total. The fraction of sp³-hybridized carbons (Fsp3) is 0.250. The molecule has 0 saturated carbocycles. The van der Waals surface area contributed by atoms with E-state index in [9.17, 15) is 22.7 Å². The zero-order valence-corrected chi connectivity index (χ0v) is 11.8. The van der Waals surface area contributed by atoms with Gasteiger partial charge < -0.3 is 10.4 Å².